The molecule has 0 bridgehead atoms. The van der Waals surface area contributed by atoms with Gasteiger partial charge in [-0.15, -0.1) is 0 Å². The molecule has 0 aliphatic carbocycles. The highest BCUT2D eigenvalue weighted by atomic mass is 32.2. The molecule has 0 saturated heterocycles. The minimum absolute atomic E-state index is 0.000381. The second-order valence-corrected chi connectivity index (χ2v) is 9.25. The number of carbonyl (C=O) groups is 2. The van der Waals surface area contributed by atoms with Crippen molar-refractivity contribution in [2.45, 2.75) is 64.2 Å². The van der Waals surface area contributed by atoms with Gasteiger partial charge in [-0.1, -0.05) is 50.3 Å². The zero-order valence-corrected chi connectivity index (χ0v) is 17.8. The van der Waals surface area contributed by atoms with Crippen LogP contribution in [0.2, 0.25) is 0 Å². The molecule has 0 aromatic heterocycles. The lowest BCUT2D eigenvalue weighted by molar-refractivity contribution is -0.118. The van der Waals surface area contributed by atoms with Gasteiger partial charge in [0, 0.05) is 31.2 Å². The monoisotopic (exact) mass is 406 g/mol. The van der Waals surface area contributed by atoms with Crippen molar-refractivity contribution in [3.8, 4) is 0 Å². The van der Waals surface area contributed by atoms with Crippen LogP contribution in [0.15, 0.2) is 40.4 Å². The number of hydrogen-bond acceptors (Lipinski definition) is 4. The third kappa shape index (κ3) is 5.75. The van der Waals surface area contributed by atoms with Crippen LogP contribution >= 0.6 is 0 Å². The van der Waals surface area contributed by atoms with E-state index < -0.39 is 10.0 Å². The number of carbonyl (C=O) groups excluding carboxylic acids is 2. The van der Waals surface area contributed by atoms with Crippen molar-refractivity contribution in [1.82, 2.24) is 9.62 Å². The molecule has 1 aromatic carbocycles. The molecular weight excluding hydrogens is 376 g/mol. The Bertz CT molecular complexity index is 842. The van der Waals surface area contributed by atoms with Crippen molar-refractivity contribution in [3.05, 3.63) is 41.1 Å². The molecule has 0 atom stereocenters. The molecule has 1 aromatic rings. The first-order chi connectivity index (χ1) is 13.3. The Morgan fingerprint density at radius 1 is 1.04 bits per heavy atom. The summed E-state index contributed by atoms with van der Waals surface area (Å²) in [6.07, 6.45) is 5.51. The van der Waals surface area contributed by atoms with E-state index in [0.717, 1.165) is 37.7 Å². The van der Waals surface area contributed by atoms with E-state index in [9.17, 15) is 18.0 Å². The number of ketones is 1. The van der Waals surface area contributed by atoms with Gasteiger partial charge in [-0.25, -0.2) is 8.42 Å². The predicted molar refractivity (Wildman–Crippen MR) is 109 cm³/mol. The van der Waals surface area contributed by atoms with E-state index >= 15 is 0 Å². The first-order valence-corrected chi connectivity index (χ1v) is 11.3. The van der Waals surface area contributed by atoms with Crippen LogP contribution in [0.3, 0.4) is 0 Å². The molecule has 1 N–H and O–H groups in total. The van der Waals surface area contributed by atoms with Crippen LogP contribution in [0.1, 0.15) is 57.9 Å². The van der Waals surface area contributed by atoms with Gasteiger partial charge in [-0.3, -0.25) is 9.59 Å². The topological polar surface area (TPSA) is 83.6 Å². The third-order valence-corrected chi connectivity index (χ3v) is 6.67. The lowest BCUT2D eigenvalue weighted by Crippen LogP contribution is -2.32. The van der Waals surface area contributed by atoms with Crippen LogP contribution < -0.4 is 5.32 Å². The quantitative estimate of drug-likeness (QED) is 0.604. The summed E-state index contributed by atoms with van der Waals surface area (Å²) in [4.78, 5) is 24.4. The Labute approximate surface area is 168 Å². The SMILES string of the molecule is CCCCCCCC(=O)C1=C(NC(C)=O)CN(S(=O)(=O)c2ccc(C)cc2)C1. The summed E-state index contributed by atoms with van der Waals surface area (Å²) in [5.41, 5.74) is 1.78. The molecule has 1 heterocycles. The lowest BCUT2D eigenvalue weighted by Gasteiger charge is -2.17. The fraction of sp³-hybridized carbons (Fsp3) is 0.524. The van der Waals surface area contributed by atoms with Crippen molar-refractivity contribution in [3.63, 3.8) is 0 Å². The second kappa shape index (κ2) is 9.98. The highest BCUT2D eigenvalue weighted by Crippen LogP contribution is 2.26. The molecule has 0 saturated carbocycles. The van der Waals surface area contributed by atoms with Crippen molar-refractivity contribution < 1.29 is 18.0 Å². The standard InChI is InChI=1S/C21H30N2O4S/c1-4-5-6-7-8-9-21(25)19-14-23(15-20(19)22-17(3)24)28(26,27)18-12-10-16(2)11-13-18/h10-13H,4-9,14-15H2,1-3H3,(H,22,24). The molecule has 0 unspecified atom stereocenters. The van der Waals surface area contributed by atoms with Crippen LogP contribution in [0, 0.1) is 6.92 Å². The molecule has 1 aliphatic heterocycles. The van der Waals surface area contributed by atoms with Crippen molar-refractivity contribution >= 4 is 21.7 Å². The molecule has 0 fully saturated rings. The van der Waals surface area contributed by atoms with Crippen molar-refractivity contribution in [2.75, 3.05) is 13.1 Å². The molecule has 6 nitrogen and oxygen atoms in total. The van der Waals surface area contributed by atoms with Gasteiger partial charge in [0.25, 0.3) is 0 Å². The summed E-state index contributed by atoms with van der Waals surface area (Å²) >= 11 is 0. The summed E-state index contributed by atoms with van der Waals surface area (Å²) in [7, 11) is -3.73. The summed E-state index contributed by atoms with van der Waals surface area (Å²) in [5.74, 6) is -0.389. The Morgan fingerprint density at radius 3 is 2.29 bits per heavy atom. The molecule has 154 valence electrons. The zero-order valence-electron chi connectivity index (χ0n) is 17.0. The summed E-state index contributed by atoms with van der Waals surface area (Å²) in [6, 6.07) is 6.62. The molecular formula is C21H30N2O4S. The number of benzene rings is 1. The maximum absolute atomic E-state index is 13.0. The lowest BCUT2D eigenvalue weighted by atomic mass is 10.0. The van der Waals surface area contributed by atoms with Crippen molar-refractivity contribution in [1.29, 1.82) is 0 Å². The minimum atomic E-state index is -3.73. The van der Waals surface area contributed by atoms with Gasteiger partial charge >= 0.3 is 0 Å². The zero-order chi connectivity index (χ0) is 20.7. The van der Waals surface area contributed by atoms with E-state index in [2.05, 4.69) is 12.2 Å². The Morgan fingerprint density at radius 2 is 1.68 bits per heavy atom. The first kappa shape index (κ1) is 22.3. The van der Waals surface area contributed by atoms with Crippen LogP contribution in [-0.4, -0.2) is 37.5 Å². The molecule has 2 rings (SSSR count). The fourth-order valence-electron chi connectivity index (χ4n) is 3.25. The molecule has 0 spiro atoms. The number of nitrogens with one attached hydrogen (secondary N) is 1. The van der Waals surface area contributed by atoms with Crippen LogP contribution in [0.25, 0.3) is 0 Å². The normalized spacial score (nSPS) is 15.1. The minimum Gasteiger partial charge on any atom is -0.328 e. The Hall–Kier alpha value is -1.99. The molecule has 1 aliphatic rings. The van der Waals surface area contributed by atoms with Gasteiger partial charge < -0.3 is 5.32 Å². The fourth-order valence-corrected chi connectivity index (χ4v) is 4.63. The van der Waals surface area contributed by atoms with Crippen LogP contribution in [-0.2, 0) is 19.6 Å². The smallest absolute Gasteiger partial charge is 0.243 e. The Balaban J connectivity index is 2.13. The number of amides is 1. The van der Waals surface area contributed by atoms with Gasteiger partial charge in [0.05, 0.1) is 11.4 Å². The summed E-state index contributed by atoms with van der Waals surface area (Å²) < 4.78 is 27.2. The highest BCUT2D eigenvalue weighted by molar-refractivity contribution is 7.89. The van der Waals surface area contributed by atoms with Gasteiger partial charge in [0.15, 0.2) is 5.78 Å². The summed E-state index contributed by atoms with van der Waals surface area (Å²) in [6.45, 7) is 5.39. The Kier molecular flexibility index (Phi) is 7.95. The van der Waals surface area contributed by atoms with E-state index in [1.807, 2.05) is 6.92 Å². The number of aryl methyl sites for hydroxylation is 1. The number of unbranched alkanes of at least 4 members (excludes halogenated alkanes) is 4. The average molecular weight is 407 g/mol. The number of rotatable bonds is 10. The van der Waals surface area contributed by atoms with Crippen LogP contribution in [0.5, 0.6) is 0 Å². The highest BCUT2D eigenvalue weighted by Gasteiger charge is 2.35. The van der Waals surface area contributed by atoms with Crippen molar-refractivity contribution in [2.24, 2.45) is 0 Å². The number of hydrogen-bond donors (Lipinski definition) is 1. The van der Waals surface area contributed by atoms with Crippen LogP contribution in [0.4, 0.5) is 0 Å². The molecule has 7 heteroatoms. The van der Waals surface area contributed by atoms with E-state index in [0.29, 0.717) is 17.7 Å². The molecule has 0 radical (unpaired) electrons. The van der Waals surface area contributed by atoms with E-state index in [-0.39, 0.29) is 29.7 Å². The van der Waals surface area contributed by atoms with Gasteiger partial charge in [-0.05, 0) is 25.5 Å². The van der Waals surface area contributed by atoms with E-state index in [4.69, 9.17) is 0 Å². The van der Waals surface area contributed by atoms with E-state index in [1.54, 1.807) is 24.3 Å². The van der Waals surface area contributed by atoms with Gasteiger partial charge in [0.1, 0.15) is 0 Å². The van der Waals surface area contributed by atoms with E-state index in [1.165, 1.54) is 11.2 Å². The third-order valence-electron chi connectivity index (χ3n) is 4.86. The molecule has 1 amide bonds. The molecule has 28 heavy (non-hydrogen) atoms. The first-order valence-electron chi connectivity index (χ1n) is 9.85. The van der Waals surface area contributed by atoms with Gasteiger partial charge in [-0.2, -0.15) is 4.31 Å². The average Bonchev–Trinajstić information content (AvgIpc) is 3.05. The second-order valence-electron chi connectivity index (χ2n) is 7.31. The maximum atomic E-state index is 13.0. The summed E-state index contributed by atoms with van der Waals surface area (Å²) in [5, 5.41) is 2.66. The maximum Gasteiger partial charge on any atom is 0.243 e. The number of Topliss-reactive ketones (excluding diaryl/α,β-unsaturated/α-hetero) is 1. The largest absolute Gasteiger partial charge is 0.328 e. The van der Waals surface area contributed by atoms with Gasteiger partial charge in [0.2, 0.25) is 15.9 Å². The number of sulfonamides is 1. The number of nitrogens with zero attached hydrogens (tertiary/aromatic N) is 1. The predicted octanol–water partition coefficient (Wildman–Crippen LogP) is 3.32.